The van der Waals surface area contributed by atoms with Crippen molar-refractivity contribution in [3.63, 3.8) is 0 Å². The van der Waals surface area contributed by atoms with E-state index in [1.807, 2.05) is 31.2 Å². The van der Waals surface area contributed by atoms with Crippen LogP contribution in [0.25, 0.3) is 5.95 Å². The summed E-state index contributed by atoms with van der Waals surface area (Å²) >= 11 is 0. The number of hydrogen-bond donors (Lipinski definition) is 1. The number of carbonyl (C=O) groups excluding carboxylic acids is 2. The topological polar surface area (TPSA) is 115 Å². The molecule has 2 amide bonds. The molecule has 0 aliphatic carbocycles. The Morgan fingerprint density at radius 3 is 2.66 bits per heavy atom. The van der Waals surface area contributed by atoms with Crippen LogP contribution in [0.2, 0.25) is 0 Å². The Morgan fingerprint density at radius 2 is 1.92 bits per heavy atom. The van der Waals surface area contributed by atoms with Crippen LogP contribution in [0.4, 0.5) is 5.82 Å². The molecule has 1 fully saturated rings. The van der Waals surface area contributed by atoms with E-state index in [9.17, 15) is 9.59 Å². The Morgan fingerprint density at radius 1 is 1.11 bits per heavy atom. The van der Waals surface area contributed by atoms with Crippen LogP contribution in [0.15, 0.2) is 43.0 Å². The molecule has 1 saturated heterocycles. The summed E-state index contributed by atoms with van der Waals surface area (Å²) in [4.78, 5) is 43.1. The second kappa shape index (κ2) is 10.7. The number of nitrogens with zero attached hydrogens (tertiary/aromatic N) is 6. The standard InChI is InChI=1S/C27H33N7O4/c1-17(2)22-13-25(31-27(30-22)33-8-7-28-15-33)34-10-9-32(19(4)35)14-21(34)12-26(36)29-18(3)20-5-6-23-24(11-20)38-16-37-23/h5-8,11,13,15,17-18,21H,9-10,12,14,16H2,1-4H3,(H,29,36). The van der Waals surface area contributed by atoms with E-state index in [1.54, 1.807) is 35.1 Å². The van der Waals surface area contributed by atoms with Crippen LogP contribution in [0.3, 0.4) is 0 Å². The van der Waals surface area contributed by atoms with E-state index in [-0.39, 0.29) is 43.0 Å². The zero-order valence-corrected chi connectivity index (χ0v) is 22.1. The SMILES string of the molecule is CC(=O)N1CCN(c2cc(C(C)C)nc(-n3ccnc3)n2)C(CC(=O)NC(C)c2ccc3c(c2)OCO3)C1. The van der Waals surface area contributed by atoms with Gasteiger partial charge in [0.05, 0.1) is 17.8 Å². The van der Waals surface area contributed by atoms with Gasteiger partial charge in [-0.25, -0.2) is 9.97 Å². The number of nitrogens with one attached hydrogen (secondary N) is 1. The molecular weight excluding hydrogens is 486 g/mol. The van der Waals surface area contributed by atoms with Crippen LogP contribution in [0.1, 0.15) is 57.3 Å². The number of ether oxygens (including phenoxy) is 2. The first-order valence-electron chi connectivity index (χ1n) is 12.9. The zero-order valence-electron chi connectivity index (χ0n) is 22.1. The average molecular weight is 520 g/mol. The number of carbonyl (C=O) groups is 2. The lowest BCUT2D eigenvalue weighted by Gasteiger charge is -2.42. The van der Waals surface area contributed by atoms with E-state index in [1.165, 1.54) is 0 Å². The van der Waals surface area contributed by atoms with Gasteiger partial charge < -0.3 is 24.6 Å². The van der Waals surface area contributed by atoms with Gasteiger partial charge in [0.25, 0.3) is 0 Å². The Balaban J connectivity index is 1.37. The summed E-state index contributed by atoms with van der Waals surface area (Å²) in [6, 6.07) is 7.18. The number of rotatable bonds is 7. The Labute approximate surface area is 221 Å². The van der Waals surface area contributed by atoms with Crippen molar-refractivity contribution in [2.24, 2.45) is 0 Å². The molecule has 2 atom stereocenters. The lowest BCUT2D eigenvalue weighted by molar-refractivity contribution is -0.130. The Kier molecular flexibility index (Phi) is 7.17. The van der Waals surface area contributed by atoms with E-state index in [0.717, 1.165) is 17.1 Å². The third kappa shape index (κ3) is 5.41. The van der Waals surface area contributed by atoms with Crippen molar-refractivity contribution in [3.05, 3.63) is 54.2 Å². The van der Waals surface area contributed by atoms with Gasteiger partial charge in [-0.05, 0) is 30.5 Å². The minimum absolute atomic E-state index is 0.00607. The minimum atomic E-state index is -0.248. The van der Waals surface area contributed by atoms with Crippen LogP contribution in [0.5, 0.6) is 11.5 Å². The van der Waals surface area contributed by atoms with Crippen LogP contribution in [0, 0.1) is 0 Å². The van der Waals surface area contributed by atoms with E-state index in [2.05, 4.69) is 29.0 Å². The molecule has 1 aromatic carbocycles. The number of hydrogen-bond acceptors (Lipinski definition) is 8. The summed E-state index contributed by atoms with van der Waals surface area (Å²) in [5.74, 6) is 2.71. The fourth-order valence-electron chi connectivity index (χ4n) is 4.77. The molecule has 0 bridgehead atoms. The maximum Gasteiger partial charge on any atom is 0.237 e. The predicted octanol–water partition coefficient (Wildman–Crippen LogP) is 2.82. The van der Waals surface area contributed by atoms with E-state index in [0.29, 0.717) is 37.1 Å². The summed E-state index contributed by atoms with van der Waals surface area (Å²) in [6.45, 7) is 9.42. The van der Waals surface area contributed by atoms with Crippen LogP contribution in [-0.2, 0) is 9.59 Å². The number of fused-ring (bicyclic) bond motifs is 1. The van der Waals surface area contributed by atoms with Crippen molar-refractivity contribution in [3.8, 4) is 17.4 Å². The van der Waals surface area contributed by atoms with Gasteiger partial charge in [0.2, 0.25) is 24.6 Å². The quantitative estimate of drug-likeness (QED) is 0.507. The second-order valence-electron chi connectivity index (χ2n) is 9.99. The predicted molar refractivity (Wildman–Crippen MR) is 140 cm³/mol. The first-order valence-corrected chi connectivity index (χ1v) is 12.9. The number of imidazole rings is 1. The zero-order chi connectivity index (χ0) is 26.8. The minimum Gasteiger partial charge on any atom is -0.454 e. The van der Waals surface area contributed by atoms with E-state index >= 15 is 0 Å². The Bertz CT molecular complexity index is 1310. The van der Waals surface area contributed by atoms with E-state index in [4.69, 9.17) is 19.4 Å². The van der Waals surface area contributed by atoms with Gasteiger partial charge in [-0.2, -0.15) is 4.98 Å². The normalized spacial score (nSPS) is 17.6. The van der Waals surface area contributed by atoms with Crippen LogP contribution in [-0.4, -0.2) is 68.7 Å². The molecule has 2 aromatic heterocycles. The molecule has 11 heteroatoms. The molecule has 38 heavy (non-hydrogen) atoms. The molecule has 11 nitrogen and oxygen atoms in total. The summed E-state index contributed by atoms with van der Waals surface area (Å²) in [5.41, 5.74) is 1.82. The van der Waals surface area contributed by atoms with Gasteiger partial charge in [-0.3, -0.25) is 14.2 Å². The molecule has 2 unspecified atom stereocenters. The Hall–Kier alpha value is -4.15. The van der Waals surface area contributed by atoms with Gasteiger partial charge in [-0.1, -0.05) is 19.9 Å². The maximum absolute atomic E-state index is 13.3. The molecule has 0 spiro atoms. The smallest absolute Gasteiger partial charge is 0.237 e. The van der Waals surface area contributed by atoms with E-state index < -0.39 is 0 Å². The van der Waals surface area contributed by atoms with Crippen LogP contribution >= 0.6 is 0 Å². The summed E-state index contributed by atoms with van der Waals surface area (Å²) < 4.78 is 12.6. The van der Waals surface area contributed by atoms with Gasteiger partial charge in [-0.15, -0.1) is 0 Å². The highest BCUT2D eigenvalue weighted by Crippen LogP contribution is 2.34. The van der Waals surface area contributed by atoms with Crippen molar-refractivity contribution >= 4 is 17.6 Å². The first-order chi connectivity index (χ1) is 18.3. The molecule has 0 saturated carbocycles. The number of anilines is 1. The molecular formula is C27H33N7O4. The number of amides is 2. The second-order valence-corrected chi connectivity index (χ2v) is 9.99. The summed E-state index contributed by atoms with van der Waals surface area (Å²) in [6.07, 6.45) is 5.37. The third-order valence-electron chi connectivity index (χ3n) is 6.96. The van der Waals surface area contributed by atoms with Crippen molar-refractivity contribution in [2.45, 2.75) is 52.1 Å². The monoisotopic (exact) mass is 519 g/mol. The maximum atomic E-state index is 13.3. The average Bonchev–Trinajstić information content (AvgIpc) is 3.60. The lowest BCUT2D eigenvalue weighted by atomic mass is 10.0. The van der Waals surface area contributed by atoms with Crippen molar-refractivity contribution in [2.75, 3.05) is 31.3 Å². The molecule has 3 aromatic rings. The lowest BCUT2D eigenvalue weighted by Crippen LogP contribution is -2.56. The largest absolute Gasteiger partial charge is 0.454 e. The van der Waals surface area contributed by atoms with Gasteiger partial charge in [0.1, 0.15) is 12.1 Å². The molecule has 2 aliphatic heterocycles. The van der Waals surface area contributed by atoms with Crippen molar-refractivity contribution in [1.82, 2.24) is 29.7 Å². The molecule has 1 N–H and O–H groups in total. The highest BCUT2D eigenvalue weighted by Gasteiger charge is 2.32. The number of aromatic nitrogens is 4. The highest BCUT2D eigenvalue weighted by molar-refractivity contribution is 5.78. The fourth-order valence-corrected chi connectivity index (χ4v) is 4.77. The number of benzene rings is 1. The van der Waals surface area contributed by atoms with Crippen molar-refractivity contribution in [1.29, 1.82) is 0 Å². The third-order valence-corrected chi connectivity index (χ3v) is 6.96. The van der Waals surface area contributed by atoms with Gasteiger partial charge in [0.15, 0.2) is 11.5 Å². The molecule has 2 aliphatic rings. The first kappa shape index (κ1) is 25.5. The highest BCUT2D eigenvalue weighted by atomic mass is 16.7. The molecule has 0 radical (unpaired) electrons. The molecule has 4 heterocycles. The fraction of sp³-hybridized carbons (Fsp3) is 0.444. The van der Waals surface area contributed by atoms with Crippen molar-refractivity contribution < 1.29 is 19.1 Å². The summed E-state index contributed by atoms with van der Waals surface area (Å²) in [7, 11) is 0. The molecule has 5 rings (SSSR count). The van der Waals surface area contributed by atoms with Gasteiger partial charge >= 0.3 is 0 Å². The van der Waals surface area contributed by atoms with Crippen LogP contribution < -0.4 is 19.7 Å². The molecule has 200 valence electrons. The summed E-state index contributed by atoms with van der Waals surface area (Å²) in [5, 5.41) is 3.10. The number of piperazine rings is 1. The van der Waals surface area contributed by atoms with Gasteiger partial charge in [0, 0.05) is 51.4 Å².